The van der Waals surface area contributed by atoms with Gasteiger partial charge in [0.05, 0.1) is 5.56 Å². The molecule has 2 nitrogen and oxygen atoms in total. The monoisotopic (exact) mass is 443 g/mol. The fourth-order valence-corrected chi connectivity index (χ4v) is 3.05. The van der Waals surface area contributed by atoms with E-state index in [2.05, 4.69) is 4.74 Å². The number of alkyl halides is 2. The molecule has 0 aliphatic rings. The molecule has 0 saturated carbocycles. The number of hydrogen-bond donors (Lipinski definition) is 0. The van der Waals surface area contributed by atoms with Crippen LogP contribution < -0.4 is 4.74 Å². The van der Waals surface area contributed by atoms with E-state index in [-0.39, 0.29) is 23.8 Å². The molecule has 0 aliphatic carbocycles. The van der Waals surface area contributed by atoms with Crippen LogP contribution in [-0.2, 0) is 17.6 Å². The SMILES string of the molecule is CCCc1ccc(-c2c([O])cc(F)c(C(F)(F)Oc3cc(F)c(F)c(F)c3)c2F)cc1. The standard InChI is InChI=1S/C22H14F7O2/c1-2-3-11-4-6-12(7-5-11)18-17(30)10-14(23)19(21(18)27)22(28,29)31-13-8-15(24)20(26)16(25)9-13/h4-10H,2-3H2,1H3. The number of rotatable bonds is 6. The van der Waals surface area contributed by atoms with E-state index in [1.54, 1.807) is 12.1 Å². The van der Waals surface area contributed by atoms with E-state index in [1.165, 1.54) is 12.1 Å². The Morgan fingerprint density at radius 3 is 1.97 bits per heavy atom. The average Bonchev–Trinajstić information content (AvgIpc) is 2.66. The Bertz CT molecular complexity index is 1090. The summed E-state index contributed by atoms with van der Waals surface area (Å²) < 4.78 is 102. The average molecular weight is 443 g/mol. The van der Waals surface area contributed by atoms with Crippen LogP contribution in [0.15, 0.2) is 42.5 Å². The Morgan fingerprint density at radius 2 is 1.42 bits per heavy atom. The lowest BCUT2D eigenvalue weighted by Crippen LogP contribution is -2.25. The van der Waals surface area contributed by atoms with Crippen LogP contribution in [0.4, 0.5) is 30.7 Å². The Labute approximate surface area is 172 Å². The fourth-order valence-electron chi connectivity index (χ4n) is 3.05. The van der Waals surface area contributed by atoms with E-state index in [0.717, 1.165) is 12.0 Å². The molecule has 0 atom stereocenters. The predicted octanol–water partition coefficient (Wildman–Crippen LogP) is 7.27. The molecule has 0 unspecified atom stereocenters. The largest absolute Gasteiger partial charge is 0.432 e. The van der Waals surface area contributed by atoms with Crippen molar-refractivity contribution < 1.29 is 40.6 Å². The third kappa shape index (κ3) is 4.45. The summed E-state index contributed by atoms with van der Waals surface area (Å²) in [6.07, 6.45) is -3.27. The molecule has 0 aromatic heterocycles. The van der Waals surface area contributed by atoms with Gasteiger partial charge in [-0.25, -0.2) is 22.0 Å². The molecule has 3 aromatic rings. The predicted molar refractivity (Wildman–Crippen MR) is 96.8 cm³/mol. The van der Waals surface area contributed by atoms with Crippen LogP contribution in [0, 0.1) is 29.1 Å². The van der Waals surface area contributed by atoms with Crippen molar-refractivity contribution >= 4 is 0 Å². The number of benzene rings is 3. The maximum Gasteiger partial charge on any atom is 0.432 e. The quantitative estimate of drug-likeness (QED) is 0.291. The van der Waals surface area contributed by atoms with Gasteiger partial charge < -0.3 is 4.74 Å². The number of aryl methyl sites for hydroxylation is 1. The van der Waals surface area contributed by atoms with Gasteiger partial charge >= 0.3 is 6.11 Å². The van der Waals surface area contributed by atoms with Gasteiger partial charge in [0.2, 0.25) is 0 Å². The third-order valence-corrected chi connectivity index (χ3v) is 4.46. The van der Waals surface area contributed by atoms with Crippen molar-refractivity contribution in [3.05, 3.63) is 82.7 Å². The van der Waals surface area contributed by atoms with Gasteiger partial charge in [-0.1, -0.05) is 37.6 Å². The van der Waals surface area contributed by atoms with Gasteiger partial charge in [-0.2, -0.15) is 8.78 Å². The normalized spacial score (nSPS) is 11.6. The first-order valence-electron chi connectivity index (χ1n) is 9.05. The summed E-state index contributed by atoms with van der Waals surface area (Å²) in [6.45, 7) is 1.93. The number of halogens is 7. The van der Waals surface area contributed by atoms with Crippen molar-refractivity contribution in [2.75, 3.05) is 0 Å². The second-order valence-corrected chi connectivity index (χ2v) is 6.69. The van der Waals surface area contributed by atoms with Gasteiger partial charge in [0.25, 0.3) is 0 Å². The molecule has 0 N–H and O–H groups in total. The van der Waals surface area contributed by atoms with Crippen LogP contribution in [0.1, 0.15) is 24.5 Å². The van der Waals surface area contributed by atoms with Crippen LogP contribution in [0.5, 0.6) is 11.5 Å². The minimum absolute atomic E-state index is 0.0710. The number of hydrogen-bond acceptors (Lipinski definition) is 1. The summed E-state index contributed by atoms with van der Waals surface area (Å²) in [6, 6.07) is 6.15. The molecule has 0 fully saturated rings. The summed E-state index contributed by atoms with van der Waals surface area (Å²) in [5, 5.41) is 12.1. The van der Waals surface area contributed by atoms with Gasteiger partial charge in [0.1, 0.15) is 17.1 Å². The van der Waals surface area contributed by atoms with E-state index in [0.29, 0.717) is 6.42 Å². The Kier molecular flexibility index (Phi) is 6.15. The molecule has 1 radical (unpaired) electrons. The first-order chi connectivity index (χ1) is 14.5. The van der Waals surface area contributed by atoms with Crippen molar-refractivity contribution in [3.8, 4) is 22.6 Å². The molecule has 163 valence electrons. The lowest BCUT2D eigenvalue weighted by molar-refractivity contribution is -0.189. The molecule has 3 rings (SSSR count). The summed E-state index contributed by atoms with van der Waals surface area (Å²) in [5.74, 6) is -11.8. The molecular formula is C22H14F7O2. The van der Waals surface area contributed by atoms with Crippen molar-refractivity contribution in [3.63, 3.8) is 0 Å². The molecule has 9 heteroatoms. The zero-order valence-corrected chi connectivity index (χ0v) is 15.9. The van der Waals surface area contributed by atoms with Crippen molar-refractivity contribution in [2.45, 2.75) is 25.9 Å². The van der Waals surface area contributed by atoms with E-state index < -0.39 is 57.8 Å². The highest BCUT2D eigenvalue weighted by Crippen LogP contribution is 2.42. The molecule has 0 heterocycles. The highest BCUT2D eigenvalue weighted by atomic mass is 19.3. The van der Waals surface area contributed by atoms with Crippen LogP contribution >= 0.6 is 0 Å². The van der Waals surface area contributed by atoms with Gasteiger partial charge in [0, 0.05) is 18.2 Å². The lowest BCUT2D eigenvalue weighted by Gasteiger charge is -2.21. The Balaban J connectivity index is 2.07. The Morgan fingerprint density at radius 1 is 0.839 bits per heavy atom. The van der Waals surface area contributed by atoms with Gasteiger partial charge in [-0.05, 0) is 17.5 Å². The van der Waals surface area contributed by atoms with Gasteiger partial charge in [-0.15, -0.1) is 0 Å². The van der Waals surface area contributed by atoms with Crippen LogP contribution in [0.2, 0.25) is 0 Å². The molecule has 31 heavy (non-hydrogen) atoms. The topological polar surface area (TPSA) is 29.1 Å². The summed E-state index contributed by atoms with van der Waals surface area (Å²) in [5.41, 5.74) is -1.96. The maximum absolute atomic E-state index is 14.9. The minimum Gasteiger partial charge on any atom is -0.429 e. The van der Waals surface area contributed by atoms with Crippen molar-refractivity contribution in [2.24, 2.45) is 0 Å². The smallest absolute Gasteiger partial charge is 0.429 e. The lowest BCUT2D eigenvalue weighted by atomic mass is 9.98. The third-order valence-electron chi connectivity index (χ3n) is 4.46. The van der Waals surface area contributed by atoms with Crippen LogP contribution in [-0.4, -0.2) is 0 Å². The minimum atomic E-state index is -4.78. The maximum atomic E-state index is 14.9. The van der Waals surface area contributed by atoms with Crippen molar-refractivity contribution in [1.82, 2.24) is 0 Å². The molecule has 0 amide bonds. The first-order valence-corrected chi connectivity index (χ1v) is 9.05. The van der Waals surface area contributed by atoms with Crippen LogP contribution in [0.25, 0.3) is 11.1 Å². The zero-order valence-electron chi connectivity index (χ0n) is 15.9. The van der Waals surface area contributed by atoms with Gasteiger partial charge in [0.15, 0.2) is 29.0 Å². The molecule has 0 spiro atoms. The summed E-state index contributed by atoms with van der Waals surface area (Å²) >= 11 is 0. The first kappa shape index (κ1) is 22.5. The van der Waals surface area contributed by atoms with E-state index >= 15 is 0 Å². The highest BCUT2D eigenvalue weighted by Gasteiger charge is 2.43. The zero-order chi connectivity index (χ0) is 22.9. The fraction of sp³-hybridized carbons (Fsp3) is 0.182. The molecule has 0 bridgehead atoms. The molecule has 3 aromatic carbocycles. The van der Waals surface area contributed by atoms with Crippen molar-refractivity contribution in [1.29, 1.82) is 0 Å². The van der Waals surface area contributed by atoms with E-state index in [9.17, 15) is 35.8 Å². The van der Waals surface area contributed by atoms with E-state index in [4.69, 9.17) is 0 Å². The summed E-state index contributed by atoms with van der Waals surface area (Å²) in [4.78, 5) is 0. The Hall–Kier alpha value is -3.23. The van der Waals surface area contributed by atoms with Gasteiger partial charge in [-0.3, -0.25) is 5.11 Å². The number of ether oxygens (including phenoxy) is 1. The van der Waals surface area contributed by atoms with Crippen LogP contribution in [0.3, 0.4) is 0 Å². The molecular weight excluding hydrogens is 429 g/mol. The molecule has 0 saturated heterocycles. The second-order valence-electron chi connectivity index (χ2n) is 6.69. The highest BCUT2D eigenvalue weighted by molar-refractivity contribution is 5.72. The molecule has 0 aliphatic heterocycles. The summed E-state index contributed by atoms with van der Waals surface area (Å²) in [7, 11) is 0. The van der Waals surface area contributed by atoms with E-state index in [1.807, 2.05) is 6.92 Å². The second kappa shape index (κ2) is 8.49.